The maximum Gasteiger partial charge on any atom is 0.241 e. The molecule has 0 aromatic carbocycles. The van der Waals surface area contributed by atoms with Crippen molar-refractivity contribution >= 4 is 11.6 Å². The van der Waals surface area contributed by atoms with Gasteiger partial charge in [-0.15, -0.1) is 0 Å². The van der Waals surface area contributed by atoms with Crippen molar-refractivity contribution in [2.45, 2.75) is 19.3 Å². The number of hydrogen-bond donors (Lipinski definition) is 1. The van der Waals surface area contributed by atoms with Crippen molar-refractivity contribution in [1.82, 2.24) is 15.3 Å². The van der Waals surface area contributed by atoms with E-state index in [4.69, 9.17) is 11.6 Å². The van der Waals surface area contributed by atoms with Crippen LogP contribution in [0.1, 0.15) is 18.5 Å². The molecule has 0 radical (unpaired) electrons. The normalized spacial score (nSPS) is 25.7. The third-order valence-electron chi connectivity index (χ3n) is 3.43. The van der Waals surface area contributed by atoms with Gasteiger partial charge in [-0.2, -0.15) is 0 Å². The molecule has 1 aliphatic heterocycles. The Morgan fingerprint density at radius 1 is 1.44 bits per heavy atom. The Kier molecular flexibility index (Phi) is 4.07. The van der Waals surface area contributed by atoms with Crippen molar-refractivity contribution in [1.29, 1.82) is 0 Å². The molecular weight excluding hydrogens is 267 g/mol. The zero-order valence-corrected chi connectivity index (χ0v) is 10.5. The first kappa shape index (κ1) is 13.5. The molecule has 0 spiro atoms. The molecule has 1 saturated heterocycles. The van der Waals surface area contributed by atoms with E-state index in [0.29, 0.717) is 13.1 Å². The van der Waals surface area contributed by atoms with Crippen LogP contribution in [0.25, 0.3) is 0 Å². The molecule has 7 heteroatoms. The Morgan fingerprint density at radius 3 is 2.83 bits per heavy atom. The average molecular weight is 280 g/mol. The van der Waals surface area contributed by atoms with Crippen molar-refractivity contribution in [3.63, 3.8) is 0 Å². The van der Waals surface area contributed by atoms with Gasteiger partial charge in [0.1, 0.15) is 0 Å². The quantitative estimate of drug-likeness (QED) is 0.864. The molecule has 2 rings (SSSR count). The van der Waals surface area contributed by atoms with Crippen molar-refractivity contribution in [3.05, 3.63) is 23.0 Å². The van der Waals surface area contributed by atoms with Crippen LogP contribution in [0.15, 0.2) is 6.20 Å². The molecule has 0 amide bonds. The summed E-state index contributed by atoms with van der Waals surface area (Å²) in [5.74, 6) is -2.17. The summed E-state index contributed by atoms with van der Waals surface area (Å²) in [7, 11) is 0. The number of aromatic nitrogens is 2. The minimum atomic E-state index is -2.43. The summed E-state index contributed by atoms with van der Waals surface area (Å²) in [5, 5.41) is 2.93. The fourth-order valence-corrected chi connectivity index (χ4v) is 2.50. The zero-order chi connectivity index (χ0) is 13.3. The second-order valence-electron chi connectivity index (χ2n) is 4.49. The van der Waals surface area contributed by atoms with Gasteiger partial charge in [-0.3, -0.25) is 0 Å². The van der Waals surface area contributed by atoms with Crippen LogP contribution in [0.4, 0.5) is 13.2 Å². The summed E-state index contributed by atoms with van der Waals surface area (Å²) in [6, 6.07) is 0. The lowest BCUT2D eigenvalue weighted by molar-refractivity contribution is 0.0535. The minimum absolute atomic E-state index is 0.0678. The molecule has 3 nitrogen and oxygen atoms in total. The van der Waals surface area contributed by atoms with Crippen molar-refractivity contribution in [2.75, 3.05) is 13.1 Å². The van der Waals surface area contributed by atoms with Gasteiger partial charge in [-0.1, -0.05) is 6.92 Å². The smallest absolute Gasteiger partial charge is 0.241 e. The predicted octanol–water partition coefficient (Wildman–Crippen LogP) is 2.47. The second kappa shape index (κ2) is 5.40. The lowest BCUT2D eigenvalue weighted by Gasteiger charge is -2.24. The molecule has 1 N–H and O–H groups in total. The Labute approximate surface area is 108 Å². The van der Waals surface area contributed by atoms with Crippen LogP contribution in [0, 0.1) is 17.7 Å². The molecule has 3 atom stereocenters. The first-order chi connectivity index (χ1) is 8.50. The van der Waals surface area contributed by atoms with Gasteiger partial charge in [0.2, 0.25) is 11.7 Å². The molecule has 0 bridgehead atoms. The highest BCUT2D eigenvalue weighted by Crippen LogP contribution is 2.36. The fourth-order valence-electron chi connectivity index (χ4n) is 2.36. The molecule has 0 aliphatic carbocycles. The number of rotatable bonds is 3. The van der Waals surface area contributed by atoms with E-state index in [1.165, 1.54) is 6.92 Å². The van der Waals surface area contributed by atoms with Crippen LogP contribution in [0.5, 0.6) is 0 Å². The lowest BCUT2D eigenvalue weighted by Crippen LogP contribution is -2.26. The number of halogens is 4. The summed E-state index contributed by atoms with van der Waals surface area (Å²) >= 11 is 5.63. The summed E-state index contributed by atoms with van der Waals surface area (Å²) in [6.07, 6.45) is -1.45. The van der Waals surface area contributed by atoms with E-state index in [2.05, 4.69) is 15.3 Å². The third-order valence-corrected chi connectivity index (χ3v) is 3.61. The van der Waals surface area contributed by atoms with Gasteiger partial charge in [0.25, 0.3) is 0 Å². The van der Waals surface area contributed by atoms with Crippen LogP contribution in [-0.2, 0) is 0 Å². The highest BCUT2D eigenvalue weighted by atomic mass is 35.5. The van der Waals surface area contributed by atoms with Gasteiger partial charge in [-0.25, -0.2) is 23.1 Å². The van der Waals surface area contributed by atoms with Gasteiger partial charge in [-0.05, 0) is 24.1 Å². The van der Waals surface area contributed by atoms with E-state index < -0.39 is 24.1 Å². The first-order valence-electron chi connectivity index (χ1n) is 5.67. The Morgan fingerprint density at radius 2 is 2.17 bits per heavy atom. The molecule has 18 heavy (non-hydrogen) atoms. The largest absolute Gasteiger partial charge is 0.316 e. The van der Waals surface area contributed by atoms with E-state index >= 15 is 0 Å². The van der Waals surface area contributed by atoms with Gasteiger partial charge < -0.3 is 5.32 Å². The molecule has 1 aromatic heterocycles. The molecule has 1 aliphatic rings. The lowest BCUT2D eigenvalue weighted by atomic mass is 9.83. The zero-order valence-electron chi connectivity index (χ0n) is 9.71. The molecule has 2 heterocycles. The van der Waals surface area contributed by atoms with Crippen LogP contribution >= 0.6 is 11.6 Å². The average Bonchev–Trinajstić information content (AvgIpc) is 2.80. The van der Waals surface area contributed by atoms with E-state index in [0.717, 1.165) is 6.20 Å². The van der Waals surface area contributed by atoms with E-state index in [1.54, 1.807) is 0 Å². The SMILES string of the molecule is C[C@@H](C(F)F)C1CNC[C@H]1c1nc(Cl)ncc1F. The maximum absolute atomic E-state index is 13.7. The Hall–Kier alpha value is -0.880. The summed E-state index contributed by atoms with van der Waals surface area (Å²) in [4.78, 5) is 7.37. The van der Waals surface area contributed by atoms with Gasteiger partial charge in [0, 0.05) is 18.4 Å². The van der Waals surface area contributed by atoms with Crippen molar-refractivity contribution < 1.29 is 13.2 Å². The fraction of sp³-hybridized carbons (Fsp3) is 0.636. The van der Waals surface area contributed by atoms with Crippen LogP contribution in [0.3, 0.4) is 0 Å². The number of hydrogen-bond acceptors (Lipinski definition) is 3. The van der Waals surface area contributed by atoms with Gasteiger partial charge in [0.15, 0.2) is 5.82 Å². The molecule has 0 saturated carbocycles. The predicted molar refractivity (Wildman–Crippen MR) is 61.3 cm³/mol. The monoisotopic (exact) mass is 279 g/mol. The van der Waals surface area contributed by atoms with Gasteiger partial charge in [0.05, 0.1) is 11.9 Å². The minimum Gasteiger partial charge on any atom is -0.316 e. The standard InChI is InChI=1S/C11H13ClF3N3/c1-5(10(14)15)6-2-16-3-7(6)9-8(13)4-17-11(12)18-9/h4-7,10,16H,2-3H2,1H3/t5-,6?,7-/m1/s1. The molecule has 1 unspecified atom stereocenters. The van der Waals surface area contributed by atoms with E-state index in [1.807, 2.05) is 0 Å². The molecule has 1 aromatic rings. The maximum atomic E-state index is 13.7. The topological polar surface area (TPSA) is 37.8 Å². The first-order valence-corrected chi connectivity index (χ1v) is 6.05. The molecular formula is C11H13ClF3N3. The molecule has 1 fully saturated rings. The third kappa shape index (κ3) is 2.59. The van der Waals surface area contributed by atoms with Gasteiger partial charge >= 0.3 is 0 Å². The Bertz CT molecular complexity index is 430. The van der Waals surface area contributed by atoms with E-state index in [9.17, 15) is 13.2 Å². The summed E-state index contributed by atoms with van der Waals surface area (Å²) in [5.41, 5.74) is 0.123. The summed E-state index contributed by atoms with van der Waals surface area (Å²) < 4.78 is 39.2. The molecule has 100 valence electrons. The van der Waals surface area contributed by atoms with Crippen LogP contribution in [-0.4, -0.2) is 29.5 Å². The van der Waals surface area contributed by atoms with E-state index in [-0.39, 0.29) is 16.9 Å². The van der Waals surface area contributed by atoms with Crippen LogP contribution in [0.2, 0.25) is 5.28 Å². The number of nitrogens with zero attached hydrogens (tertiary/aromatic N) is 2. The van der Waals surface area contributed by atoms with Crippen LogP contribution < -0.4 is 5.32 Å². The van der Waals surface area contributed by atoms with Crippen molar-refractivity contribution in [2.24, 2.45) is 11.8 Å². The second-order valence-corrected chi connectivity index (χ2v) is 4.83. The number of alkyl halides is 2. The van der Waals surface area contributed by atoms with Crippen molar-refractivity contribution in [3.8, 4) is 0 Å². The highest BCUT2D eigenvalue weighted by molar-refractivity contribution is 6.28. The number of nitrogens with one attached hydrogen (secondary N) is 1. The summed E-state index contributed by atoms with van der Waals surface area (Å²) in [6.45, 7) is 2.32. The Balaban J connectivity index is 2.28. The highest BCUT2D eigenvalue weighted by Gasteiger charge is 2.38.